The number of hydrogen-bond acceptors (Lipinski definition) is 5. The summed E-state index contributed by atoms with van der Waals surface area (Å²) in [4.78, 5) is 29.6. The molecule has 0 saturated heterocycles. The van der Waals surface area contributed by atoms with Crippen LogP contribution in [0, 0.1) is 0 Å². The van der Waals surface area contributed by atoms with Gasteiger partial charge in [-0.05, 0) is 25.8 Å². The Balaban J connectivity index is 2.45. The van der Waals surface area contributed by atoms with Crippen LogP contribution < -0.4 is 16.8 Å². The van der Waals surface area contributed by atoms with E-state index in [9.17, 15) is 9.59 Å². The molecule has 1 aromatic heterocycles. The first-order valence-corrected chi connectivity index (χ1v) is 6.50. The smallest absolute Gasteiger partial charge is 0.326 e. The molecule has 0 aliphatic rings. The quantitative estimate of drug-likeness (QED) is 0.366. The predicted molar refractivity (Wildman–Crippen MR) is 72.7 cm³/mol. The lowest BCUT2D eigenvalue weighted by Crippen LogP contribution is -2.49. The zero-order chi connectivity index (χ0) is 15.0. The molecule has 0 radical (unpaired) electrons. The van der Waals surface area contributed by atoms with Crippen LogP contribution in [0.4, 0.5) is 0 Å². The molecule has 20 heavy (non-hydrogen) atoms. The van der Waals surface area contributed by atoms with Crippen molar-refractivity contribution in [1.29, 1.82) is 0 Å². The van der Waals surface area contributed by atoms with Gasteiger partial charge in [-0.15, -0.1) is 0 Å². The Morgan fingerprint density at radius 3 is 2.75 bits per heavy atom. The Labute approximate surface area is 116 Å². The number of carboxylic acids is 1. The summed E-state index contributed by atoms with van der Waals surface area (Å²) in [5.41, 5.74) is 11.8. The number of hydrogen-bond donors (Lipinski definition) is 5. The maximum atomic E-state index is 11.9. The van der Waals surface area contributed by atoms with E-state index in [4.69, 9.17) is 16.6 Å². The number of carbonyl (C=O) groups is 2. The van der Waals surface area contributed by atoms with Gasteiger partial charge in [0, 0.05) is 18.3 Å². The summed E-state index contributed by atoms with van der Waals surface area (Å²) in [6.45, 7) is 0.500. The normalized spacial score (nSPS) is 13.7. The SMILES string of the molecule is NCCCC[C@H](NC(=O)[C@@H](N)Cc1cnc[nH]1)C(=O)O. The van der Waals surface area contributed by atoms with Gasteiger partial charge in [0.2, 0.25) is 5.91 Å². The molecule has 0 spiro atoms. The minimum atomic E-state index is -1.07. The molecule has 112 valence electrons. The van der Waals surface area contributed by atoms with Crippen molar-refractivity contribution in [3.8, 4) is 0 Å². The fourth-order valence-electron chi connectivity index (χ4n) is 1.75. The minimum absolute atomic E-state index is 0.279. The minimum Gasteiger partial charge on any atom is -0.480 e. The van der Waals surface area contributed by atoms with E-state index in [-0.39, 0.29) is 6.42 Å². The number of aromatic amines is 1. The standard InChI is InChI=1S/C12H21N5O3/c13-4-2-1-3-10(12(19)20)17-11(18)9(14)5-8-6-15-7-16-8/h6-7,9-10H,1-5,13-14H2,(H,15,16)(H,17,18)(H,19,20)/t9-,10-/m0/s1. The molecule has 0 bridgehead atoms. The molecular formula is C12H21N5O3. The van der Waals surface area contributed by atoms with Crippen molar-refractivity contribution < 1.29 is 14.7 Å². The Morgan fingerprint density at radius 2 is 2.20 bits per heavy atom. The van der Waals surface area contributed by atoms with Crippen molar-refractivity contribution in [3.05, 3.63) is 18.2 Å². The molecular weight excluding hydrogens is 262 g/mol. The van der Waals surface area contributed by atoms with Gasteiger partial charge in [-0.3, -0.25) is 4.79 Å². The van der Waals surface area contributed by atoms with Crippen LogP contribution in [-0.2, 0) is 16.0 Å². The predicted octanol–water partition coefficient (Wildman–Crippen LogP) is -1.02. The van der Waals surface area contributed by atoms with Crippen molar-refractivity contribution in [3.63, 3.8) is 0 Å². The summed E-state index contributed by atoms with van der Waals surface area (Å²) in [7, 11) is 0. The molecule has 0 aromatic carbocycles. The Kier molecular flexibility index (Phi) is 6.68. The maximum absolute atomic E-state index is 11.9. The maximum Gasteiger partial charge on any atom is 0.326 e. The van der Waals surface area contributed by atoms with Gasteiger partial charge in [-0.25, -0.2) is 9.78 Å². The van der Waals surface area contributed by atoms with E-state index in [2.05, 4.69) is 15.3 Å². The number of nitrogens with zero attached hydrogens (tertiary/aromatic N) is 1. The number of nitrogens with two attached hydrogens (primary N) is 2. The van der Waals surface area contributed by atoms with E-state index < -0.39 is 24.0 Å². The number of H-pyrrole nitrogens is 1. The van der Waals surface area contributed by atoms with Crippen LogP contribution in [0.25, 0.3) is 0 Å². The Hall–Kier alpha value is -1.93. The molecule has 8 nitrogen and oxygen atoms in total. The van der Waals surface area contributed by atoms with Gasteiger partial charge in [0.25, 0.3) is 0 Å². The molecule has 0 aliphatic heterocycles. The number of unbranched alkanes of at least 4 members (excludes halogenated alkanes) is 1. The lowest BCUT2D eigenvalue weighted by atomic mass is 10.1. The van der Waals surface area contributed by atoms with Crippen molar-refractivity contribution in [2.24, 2.45) is 11.5 Å². The fraction of sp³-hybridized carbons (Fsp3) is 0.583. The van der Waals surface area contributed by atoms with E-state index in [0.717, 1.165) is 12.1 Å². The van der Waals surface area contributed by atoms with Crippen molar-refractivity contribution >= 4 is 11.9 Å². The number of aromatic nitrogens is 2. The second-order valence-corrected chi connectivity index (χ2v) is 4.57. The van der Waals surface area contributed by atoms with Crippen LogP contribution in [-0.4, -0.2) is 45.6 Å². The number of carbonyl (C=O) groups excluding carboxylic acids is 1. The third kappa shape index (κ3) is 5.37. The van der Waals surface area contributed by atoms with Gasteiger partial charge in [0.1, 0.15) is 6.04 Å². The third-order valence-corrected chi connectivity index (χ3v) is 2.89. The van der Waals surface area contributed by atoms with E-state index in [1.807, 2.05) is 0 Å². The third-order valence-electron chi connectivity index (χ3n) is 2.89. The molecule has 7 N–H and O–H groups in total. The van der Waals surface area contributed by atoms with Crippen LogP contribution in [0.15, 0.2) is 12.5 Å². The van der Waals surface area contributed by atoms with Gasteiger partial charge in [-0.2, -0.15) is 0 Å². The van der Waals surface area contributed by atoms with Crippen molar-refractivity contribution in [1.82, 2.24) is 15.3 Å². The van der Waals surface area contributed by atoms with Gasteiger partial charge < -0.3 is 26.9 Å². The van der Waals surface area contributed by atoms with Crippen LogP contribution in [0.5, 0.6) is 0 Å². The van der Waals surface area contributed by atoms with Crippen molar-refractivity contribution in [2.75, 3.05) is 6.54 Å². The molecule has 1 amide bonds. The van der Waals surface area contributed by atoms with E-state index in [1.54, 1.807) is 6.20 Å². The molecule has 0 fully saturated rings. The summed E-state index contributed by atoms with van der Waals surface area (Å²) in [5.74, 6) is -1.55. The van der Waals surface area contributed by atoms with Gasteiger partial charge in [0.15, 0.2) is 0 Å². The number of rotatable bonds is 9. The molecule has 0 aliphatic carbocycles. The number of imidazole rings is 1. The molecule has 8 heteroatoms. The lowest BCUT2D eigenvalue weighted by molar-refractivity contribution is -0.142. The second kappa shape index (κ2) is 8.28. The van der Waals surface area contributed by atoms with E-state index in [1.165, 1.54) is 6.33 Å². The molecule has 1 rings (SSSR count). The average molecular weight is 283 g/mol. The summed E-state index contributed by atoms with van der Waals surface area (Å²) in [6.07, 6.45) is 5.05. The molecule has 0 unspecified atom stereocenters. The number of carboxylic acid groups (broad SMARTS) is 1. The zero-order valence-corrected chi connectivity index (χ0v) is 11.2. The Morgan fingerprint density at radius 1 is 1.45 bits per heavy atom. The topological polar surface area (TPSA) is 147 Å². The van der Waals surface area contributed by atoms with Crippen LogP contribution in [0.3, 0.4) is 0 Å². The van der Waals surface area contributed by atoms with Crippen LogP contribution in [0.1, 0.15) is 25.0 Å². The van der Waals surface area contributed by atoms with Crippen LogP contribution in [0.2, 0.25) is 0 Å². The fourth-order valence-corrected chi connectivity index (χ4v) is 1.75. The summed E-state index contributed by atoms with van der Waals surface area (Å²) in [5, 5.41) is 11.5. The largest absolute Gasteiger partial charge is 0.480 e. The molecule has 2 atom stereocenters. The highest BCUT2D eigenvalue weighted by Crippen LogP contribution is 2.02. The highest BCUT2D eigenvalue weighted by molar-refractivity contribution is 5.86. The molecule has 1 heterocycles. The van der Waals surface area contributed by atoms with E-state index in [0.29, 0.717) is 19.4 Å². The van der Waals surface area contributed by atoms with E-state index >= 15 is 0 Å². The Bertz CT molecular complexity index is 421. The average Bonchev–Trinajstić information content (AvgIpc) is 2.90. The summed E-state index contributed by atoms with van der Waals surface area (Å²) < 4.78 is 0. The highest BCUT2D eigenvalue weighted by atomic mass is 16.4. The second-order valence-electron chi connectivity index (χ2n) is 4.57. The zero-order valence-electron chi connectivity index (χ0n) is 11.2. The molecule has 0 saturated carbocycles. The first-order valence-electron chi connectivity index (χ1n) is 6.50. The van der Waals surface area contributed by atoms with Gasteiger partial charge in [-0.1, -0.05) is 0 Å². The van der Waals surface area contributed by atoms with Gasteiger partial charge >= 0.3 is 5.97 Å². The monoisotopic (exact) mass is 283 g/mol. The lowest BCUT2D eigenvalue weighted by Gasteiger charge is -2.17. The van der Waals surface area contributed by atoms with Gasteiger partial charge in [0.05, 0.1) is 12.4 Å². The van der Waals surface area contributed by atoms with Crippen LogP contribution >= 0.6 is 0 Å². The molecule has 1 aromatic rings. The number of amides is 1. The first kappa shape index (κ1) is 16.1. The van der Waals surface area contributed by atoms with Crippen molar-refractivity contribution in [2.45, 2.75) is 37.8 Å². The highest BCUT2D eigenvalue weighted by Gasteiger charge is 2.23. The summed E-state index contributed by atoms with van der Waals surface area (Å²) >= 11 is 0. The summed E-state index contributed by atoms with van der Waals surface area (Å²) in [6, 6.07) is -1.74. The number of aliphatic carboxylic acids is 1. The first-order chi connectivity index (χ1) is 9.54. The number of nitrogens with one attached hydrogen (secondary N) is 2.